The molecule has 0 aliphatic carbocycles. The van der Waals surface area contributed by atoms with Gasteiger partial charge in [-0.05, 0) is 28.9 Å². The predicted molar refractivity (Wildman–Crippen MR) is 68.5 cm³/mol. The zero-order valence-electron chi connectivity index (χ0n) is 8.65. The smallest absolute Gasteiger partial charge is 0.252 e. The Hall–Kier alpha value is 0.340. The van der Waals surface area contributed by atoms with Gasteiger partial charge in [-0.15, -0.1) is 11.3 Å². The first kappa shape index (κ1) is 14.4. The molecule has 4 nitrogen and oxygen atoms in total. The largest absolute Gasteiger partial charge is 0.395 e. The molecule has 1 heterocycles. The lowest BCUT2D eigenvalue weighted by molar-refractivity contribution is 0.214. The van der Waals surface area contributed by atoms with Gasteiger partial charge in [-0.1, -0.05) is 11.6 Å². The molecule has 0 radical (unpaired) electrons. The number of nitrogens with zero attached hydrogens (tertiary/aromatic N) is 1. The fourth-order valence-corrected chi connectivity index (χ4v) is 4.89. The highest BCUT2D eigenvalue weighted by molar-refractivity contribution is 9.11. The molecule has 0 bridgehead atoms. The van der Waals surface area contributed by atoms with Gasteiger partial charge >= 0.3 is 0 Å². The molecule has 0 saturated carbocycles. The highest BCUT2D eigenvalue weighted by Crippen LogP contribution is 2.35. The standard InChI is InChI=1S/C8H11BrClNO3S2/c1-5(4-12)11(2)16(13,14)7-3-6(10)8(9)15-7/h3,5,12H,4H2,1-2H3. The van der Waals surface area contributed by atoms with Crippen LogP contribution in [-0.4, -0.2) is 37.5 Å². The van der Waals surface area contributed by atoms with E-state index in [1.807, 2.05) is 0 Å². The fraction of sp³-hybridized carbons (Fsp3) is 0.500. The second kappa shape index (κ2) is 5.32. The fourth-order valence-electron chi connectivity index (χ4n) is 0.948. The topological polar surface area (TPSA) is 57.6 Å². The van der Waals surface area contributed by atoms with Crippen LogP contribution in [-0.2, 0) is 10.0 Å². The minimum atomic E-state index is -3.57. The Labute approximate surface area is 112 Å². The highest BCUT2D eigenvalue weighted by atomic mass is 79.9. The Balaban J connectivity index is 3.11. The van der Waals surface area contributed by atoms with Crippen molar-refractivity contribution < 1.29 is 13.5 Å². The minimum absolute atomic E-state index is 0.159. The van der Waals surface area contributed by atoms with E-state index >= 15 is 0 Å². The van der Waals surface area contributed by atoms with E-state index in [2.05, 4.69) is 15.9 Å². The van der Waals surface area contributed by atoms with Crippen molar-refractivity contribution >= 4 is 48.9 Å². The zero-order valence-corrected chi connectivity index (χ0v) is 12.6. The first-order chi connectivity index (χ1) is 7.30. The molecule has 0 saturated heterocycles. The third-order valence-corrected chi connectivity index (χ3v) is 7.04. The molecule has 1 atom stereocenters. The Kier molecular flexibility index (Phi) is 4.79. The molecular weight excluding hydrogens is 338 g/mol. The van der Waals surface area contributed by atoms with Crippen LogP contribution in [0.5, 0.6) is 0 Å². The summed E-state index contributed by atoms with van der Waals surface area (Å²) >= 11 is 10.0. The van der Waals surface area contributed by atoms with Crippen LogP contribution in [0.2, 0.25) is 5.02 Å². The van der Waals surface area contributed by atoms with Crippen molar-refractivity contribution in [2.75, 3.05) is 13.7 Å². The number of hydrogen-bond donors (Lipinski definition) is 1. The molecule has 0 aliphatic rings. The van der Waals surface area contributed by atoms with Gasteiger partial charge in [-0.2, -0.15) is 4.31 Å². The maximum atomic E-state index is 12.0. The lowest BCUT2D eigenvalue weighted by Gasteiger charge is -2.21. The van der Waals surface area contributed by atoms with E-state index in [-0.39, 0.29) is 10.8 Å². The van der Waals surface area contributed by atoms with Crippen molar-refractivity contribution in [3.05, 3.63) is 14.9 Å². The molecule has 0 spiro atoms. The normalized spacial score (nSPS) is 14.4. The molecule has 16 heavy (non-hydrogen) atoms. The van der Waals surface area contributed by atoms with Gasteiger partial charge in [0, 0.05) is 13.1 Å². The number of rotatable bonds is 4. The summed E-state index contributed by atoms with van der Waals surface area (Å²) < 4.78 is 26.0. The van der Waals surface area contributed by atoms with Gasteiger partial charge < -0.3 is 5.11 Å². The number of thiophene rings is 1. The van der Waals surface area contributed by atoms with Crippen molar-refractivity contribution in [1.29, 1.82) is 0 Å². The van der Waals surface area contributed by atoms with Crippen molar-refractivity contribution in [3.8, 4) is 0 Å². The van der Waals surface area contributed by atoms with Crippen LogP contribution in [0.1, 0.15) is 6.92 Å². The molecule has 0 fully saturated rings. The van der Waals surface area contributed by atoms with Gasteiger partial charge in [0.05, 0.1) is 15.4 Å². The third kappa shape index (κ3) is 2.77. The predicted octanol–water partition coefficient (Wildman–Crippen LogP) is 2.17. The second-order valence-electron chi connectivity index (χ2n) is 3.24. The quantitative estimate of drug-likeness (QED) is 0.907. The second-order valence-corrected chi connectivity index (χ2v) is 8.24. The van der Waals surface area contributed by atoms with Gasteiger partial charge in [0.1, 0.15) is 4.21 Å². The molecule has 0 aromatic carbocycles. The number of aliphatic hydroxyl groups is 1. The van der Waals surface area contributed by atoms with Gasteiger partial charge in [0.25, 0.3) is 10.0 Å². The van der Waals surface area contributed by atoms with Crippen molar-refractivity contribution in [3.63, 3.8) is 0 Å². The molecule has 1 unspecified atom stereocenters. The average Bonchev–Trinajstić information content (AvgIpc) is 2.57. The summed E-state index contributed by atoms with van der Waals surface area (Å²) in [6.45, 7) is 1.40. The summed E-state index contributed by atoms with van der Waals surface area (Å²) in [6, 6.07) is 0.927. The van der Waals surface area contributed by atoms with Crippen LogP contribution in [0.3, 0.4) is 0 Å². The van der Waals surface area contributed by atoms with E-state index in [4.69, 9.17) is 16.7 Å². The average molecular weight is 349 g/mol. The highest BCUT2D eigenvalue weighted by Gasteiger charge is 2.27. The van der Waals surface area contributed by atoms with E-state index in [1.54, 1.807) is 6.92 Å². The SMILES string of the molecule is CC(CO)N(C)S(=O)(=O)c1cc(Cl)c(Br)s1. The minimum Gasteiger partial charge on any atom is -0.395 e. The van der Waals surface area contributed by atoms with Gasteiger partial charge in [-0.25, -0.2) is 8.42 Å². The molecule has 0 aliphatic heterocycles. The van der Waals surface area contributed by atoms with E-state index in [9.17, 15) is 8.42 Å². The summed E-state index contributed by atoms with van der Waals surface area (Å²) in [4.78, 5) is 0. The molecular formula is C8H11BrClNO3S2. The van der Waals surface area contributed by atoms with Gasteiger partial charge in [-0.3, -0.25) is 0 Å². The molecule has 1 N–H and O–H groups in total. The first-order valence-corrected chi connectivity index (χ1v) is 7.77. The van der Waals surface area contributed by atoms with Gasteiger partial charge in [0.15, 0.2) is 0 Å². The molecule has 1 aromatic heterocycles. The summed E-state index contributed by atoms with van der Waals surface area (Å²) in [5.41, 5.74) is 0. The van der Waals surface area contributed by atoms with Gasteiger partial charge in [0.2, 0.25) is 0 Å². The Bertz CT molecular complexity index is 454. The van der Waals surface area contributed by atoms with Crippen LogP contribution in [0.15, 0.2) is 14.1 Å². The van der Waals surface area contributed by atoms with Crippen molar-refractivity contribution in [2.45, 2.75) is 17.2 Å². The molecule has 0 amide bonds. The van der Waals surface area contributed by atoms with Crippen LogP contribution in [0.25, 0.3) is 0 Å². The van der Waals surface area contributed by atoms with Crippen LogP contribution in [0.4, 0.5) is 0 Å². The summed E-state index contributed by atoms with van der Waals surface area (Å²) in [5.74, 6) is 0. The number of likely N-dealkylation sites (N-methyl/N-ethyl adjacent to an activating group) is 1. The number of aliphatic hydroxyl groups excluding tert-OH is 1. The number of halogens is 2. The molecule has 1 rings (SSSR count). The van der Waals surface area contributed by atoms with Crippen molar-refractivity contribution in [2.24, 2.45) is 0 Å². The molecule has 1 aromatic rings. The third-order valence-electron chi connectivity index (χ3n) is 2.14. The first-order valence-electron chi connectivity index (χ1n) is 4.34. The molecule has 8 heteroatoms. The Morgan fingerprint density at radius 3 is 2.62 bits per heavy atom. The Morgan fingerprint density at radius 1 is 1.69 bits per heavy atom. The lowest BCUT2D eigenvalue weighted by Crippen LogP contribution is -2.36. The van der Waals surface area contributed by atoms with Crippen LogP contribution in [0, 0.1) is 0 Å². The van der Waals surface area contributed by atoms with E-state index in [1.165, 1.54) is 13.1 Å². The Morgan fingerprint density at radius 2 is 2.25 bits per heavy atom. The lowest BCUT2D eigenvalue weighted by atomic mass is 10.4. The number of hydrogen-bond acceptors (Lipinski definition) is 4. The van der Waals surface area contributed by atoms with Crippen LogP contribution >= 0.6 is 38.9 Å². The molecule has 92 valence electrons. The van der Waals surface area contributed by atoms with E-state index in [0.717, 1.165) is 15.6 Å². The van der Waals surface area contributed by atoms with E-state index in [0.29, 0.717) is 8.81 Å². The maximum absolute atomic E-state index is 12.0. The van der Waals surface area contributed by atoms with Crippen LogP contribution < -0.4 is 0 Å². The zero-order chi connectivity index (χ0) is 12.5. The van der Waals surface area contributed by atoms with Crippen molar-refractivity contribution in [1.82, 2.24) is 4.31 Å². The maximum Gasteiger partial charge on any atom is 0.252 e. The number of sulfonamides is 1. The summed E-state index contributed by atoms with van der Waals surface area (Å²) in [7, 11) is -2.15. The monoisotopic (exact) mass is 347 g/mol. The van der Waals surface area contributed by atoms with E-state index < -0.39 is 16.1 Å². The summed E-state index contributed by atoms with van der Waals surface area (Å²) in [5, 5.41) is 9.31. The summed E-state index contributed by atoms with van der Waals surface area (Å²) in [6.07, 6.45) is 0.